The summed E-state index contributed by atoms with van der Waals surface area (Å²) in [6.45, 7) is 1.83. The first-order valence-corrected chi connectivity index (χ1v) is 9.89. The average molecular weight is 412 g/mol. The summed E-state index contributed by atoms with van der Waals surface area (Å²) in [4.78, 5) is 26.8. The van der Waals surface area contributed by atoms with Crippen molar-refractivity contribution in [3.8, 4) is 5.69 Å². The minimum absolute atomic E-state index is 0.0581. The van der Waals surface area contributed by atoms with Gasteiger partial charge in [-0.2, -0.15) is 4.68 Å². The molecule has 0 fully saturated rings. The van der Waals surface area contributed by atoms with Gasteiger partial charge >= 0.3 is 0 Å². The Morgan fingerprint density at radius 3 is 2.93 bits per heavy atom. The highest BCUT2D eigenvalue weighted by Crippen LogP contribution is 2.32. The molecule has 4 rings (SSSR count). The minimum atomic E-state index is -0.405. The molecule has 0 radical (unpaired) electrons. The smallest absolute Gasteiger partial charge is 0.237 e. The molecule has 1 atom stereocenters. The predicted octanol–water partition coefficient (Wildman–Crippen LogP) is 2.66. The van der Waals surface area contributed by atoms with Gasteiger partial charge in [-0.3, -0.25) is 9.59 Å². The van der Waals surface area contributed by atoms with Crippen LogP contribution >= 0.6 is 11.8 Å². The highest BCUT2D eigenvalue weighted by molar-refractivity contribution is 7.99. The van der Waals surface area contributed by atoms with Crippen molar-refractivity contribution >= 4 is 35.0 Å². The summed E-state index contributed by atoms with van der Waals surface area (Å²) in [6, 6.07) is 12.8. The zero-order valence-electron chi connectivity index (χ0n) is 15.4. The van der Waals surface area contributed by atoms with E-state index in [1.807, 2.05) is 13.0 Å². The predicted molar refractivity (Wildman–Crippen MR) is 106 cm³/mol. The first-order valence-electron chi connectivity index (χ1n) is 8.91. The summed E-state index contributed by atoms with van der Waals surface area (Å²) >= 11 is 1.15. The number of fused-ring (bicyclic) bond motifs is 1. The zero-order valence-corrected chi connectivity index (χ0v) is 16.3. The lowest BCUT2D eigenvalue weighted by Crippen LogP contribution is -2.40. The van der Waals surface area contributed by atoms with Crippen LogP contribution in [0, 0.1) is 5.82 Å². The van der Waals surface area contributed by atoms with Gasteiger partial charge in [0.05, 0.1) is 22.8 Å². The van der Waals surface area contributed by atoms with Crippen LogP contribution in [-0.4, -0.2) is 43.8 Å². The van der Waals surface area contributed by atoms with E-state index in [0.717, 1.165) is 11.8 Å². The fourth-order valence-electron chi connectivity index (χ4n) is 3.20. The Labute approximate surface area is 170 Å². The van der Waals surface area contributed by atoms with E-state index < -0.39 is 5.82 Å². The molecule has 0 saturated heterocycles. The molecule has 1 aliphatic rings. The Balaban J connectivity index is 1.55. The van der Waals surface area contributed by atoms with Crippen LogP contribution in [0.3, 0.4) is 0 Å². The topological polar surface area (TPSA) is 93.0 Å². The second kappa shape index (κ2) is 8.00. The number of carbonyl (C=O) groups excluding carboxylic acids is 2. The van der Waals surface area contributed by atoms with Crippen molar-refractivity contribution in [2.24, 2.45) is 0 Å². The number of anilines is 2. The molecule has 0 aliphatic carbocycles. The van der Waals surface area contributed by atoms with Crippen molar-refractivity contribution in [3.05, 3.63) is 54.3 Å². The summed E-state index contributed by atoms with van der Waals surface area (Å²) in [5.74, 6) is -0.664. The first-order chi connectivity index (χ1) is 14.0. The van der Waals surface area contributed by atoms with Crippen molar-refractivity contribution in [1.29, 1.82) is 0 Å². The van der Waals surface area contributed by atoms with E-state index >= 15 is 0 Å². The van der Waals surface area contributed by atoms with Gasteiger partial charge in [0.1, 0.15) is 5.82 Å². The molecule has 1 aliphatic heterocycles. The number of benzene rings is 2. The quantitative estimate of drug-likeness (QED) is 0.663. The molecule has 0 spiro atoms. The van der Waals surface area contributed by atoms with Crippen molar-refractivity contribution < 1.29 is 14.0 Å². The van der Waals surface area contributed by atoms with E-state index in [9.17, 15) is 14.0 Å². The van der Waals surface area contributed by atoms with Crippen molar-refractivity contribution in [2.45, 2.75) is 24.5 Å². The van der Waals surface area contributed by atoms with E-state index in [0.29, 0.717) is 22.2 Å². The van der Waals surface area contributed by atoms with Crippen LogP contribution < -0.4 is 10.2 Å². The van der Waals surface area contributed by atoms with Crippen LogP contribution in [0.4, 0.5) is 15.8 Å². The number of tetrazole rings is 1. The standard InChI is InChI=1S/C19H17FN6O2S/c1-12-9-17(27)21-15-7-2-3-8-16(15)25(12)18(28)11-29-19-22-23-24-26(19)14-6-4-5-13(20)10-14/h2-8,10,12H,9,11H2,1H3,(H,21,27)/t12-/m0/s1. The van der Waals surface area contributed by atoms with Crippen LogP contribution in [0.25, 0.3) is 5.69 Å². The van der Waals surface area contributed by atoms with Gasteiger partial charge in [-0.1, -0.05) is 30.0 Å². The van der Waals surface area contributed by atoms with Gasteiger partial charge in [-0.15, -0.1) is 5.10 Å². The number of para-hydroxylation sites is 2. The van der Waals surface area contributed by atoms with Gasteiger partial charge in [-0.05, 0) is 47.7 Å². The summed E-state index contributed by atoms with van der Waals surface area (Å²) < 4.78 is 14.9. The molecule has 2 amide bonds. The van der Waals surface area contributed by atoms with Gasteiger partial charge in [0, 0.05) is 12.5 Å². The molecule has 10 heteroatoms. The van der Waals surface area contributed by atoms with Gasteiger partial charge in [-0.25, -0.2) is 4.39 Å². The maximum atomic E-state index is 13.5. The van der Waals surface area contributed by atoms with E-state index in [-0.39, 0.29) is 30.0 Å². The lowest BCUT2D eigenvalue weighted by Gasteiger charge is -2.27. The van der Waals surface area contributed by atoms with Crippen LogP contribution in [-0.2, 0) is 9.59 Å². The first kappa shape index (κ1) is 19.1. The van der Waals surface area contributed by atoms with Crippen molar-refractivity contribution in [3.63, 3.8) is 0 Å². The SMILES string of the molecule is C[C@H]1CC(=O)Nc2ccccc2N1C(=O)CSc1nnnn1-c1cccc(F)c1. The number of halogens is 1. The molecule has 2 heterocycles. The van der Waals surface area contributed by atoms with Crippen LogP contribution in [0.2, 0.25) is 0 Å². The fourth-order valence-corrected chi connectivity index (χ4v) is 3.95. The Kier molecular flexibility index (Phi) is 5.26. The molecule has 3 aromatic rings. The lowest BCUT2D eigenvalue weighted by atomic mass is 10.2. The Morgan fingerprint density at radius 1 is 1.28 bits per heavy atom. The number of nitrogens with zero attached hydrogens (tertiary/aromatic N) is 5. The highest BCUT2D eigenvalue weighted by atomic mass is 32.2. The maximum Gasteiger partial charge on any atom is 0.237 e. The summed E-state index contributed by atoms with van der Waals surface area (Å²) in [5.41, 5.74) is 1.72. The number of amides is 2. The molecule has 29 heavy (non-hydrogen) atoms. The molecule has 0 bridgehead atoms. The van der Waals surface area contributed by atoms with E-state index in [2.05, 4.69) is 20.8 Å². The molecule has 0 saturated carbocycles. The number of hydrogen-bond acceptors (Lipinski definition) is 6. The Hall–Kier alpha value is -3.27. The molecule has 1 aromatic heterocycles. The average Bonchev–Trinajstić information content (AvgIpc) is 3.11. The van der Waals surface area contributed by atoms with Gasteiger partial charge < -0.3 is 10.2 Å². The second-order valence-electron chi connectivity index (χ2n) is 6.52. The number of thioether (sulfide) groups is 1. The zero-order chi connectivity index (χ0) is 20.4. The van der Waals surface area contributed by atoms with Crippen LogP contribution in [0.15, 0.2) is 53.7 Å². The van der Waals surface area contributed by atoms with Crippen LogP contribution in [0.5, 0.6) is 0 Å². The number of aromatic nitrogens is 4. The van der Waals surface area contributed by atoms with Gasteiger partial charge in [0.2, 0.25) is 17.0 Å². The van der Waals surface area contributed by atoms with E-state index in [4.69, 9.17) is 0 Å². The molecule has 0 unspecified atom stereocenters. The molecule has 1 N–H and O–H groups in total. The third-order valence-electron chi connectivity index (χ3n) is 4.45. The van der Waals surface area contributed by atoms with E-state index in [1.165, 1.54) is 16.8 Å². The Morgan fingerprint density at radius 2 is 2.10 bits per heavy atom. The van der Waals surface area contributed by atoms with Crippen LogP contribution in [0.1, 0.15) is 13.3 Å². The highest BCUT2D eigenvalue weighted by Gasteiger charge is 2.29. The van der Waals surface area contributed by atoms with Crippen molar-refractivity contribution in [2.75, 3.05) is 16.0 Å². The largest absolute Gasteiger partial charge is 0.324 e. The lowest BCUT2D eigenvalue weighted by molar-refractivity contribution is -0.117. The number of rotatable bonds is 4. The second-order valence-corrected chi connectivity index (χ2v) is 7.47. The molecular formula is C19H17FN6O2S. The number of carbonyl (C=O) groups is 2. The van der Waals surface area contributed by atoms with Gasteiger partial charge in [0.15, 0.2) is 0 Å². The molecular weight excluding hydrogens is 395 g/mol. The van der Waals surface area contributed by atoms with E-state index in [1.54, 1.807) is 35.2 Å². The molecule has 148 valence electrons. The summed E-state index contributed by atoms with van der Waals surface area (Å²) in [5, 5.41) is 14.7. The Bertz CT molecular complexity index is 1070. The summed E-state index contributed by atoms with van der Waals surface area (Å²) in [7, 11) is 0. The third kappa shape index (κ3) is 3.97. The number of hydrogen-bond donors (Lipinski definition) is 1. The minimum Gasteiger partial charge on any atom is -0.324 e. The maximum absolute atomic E-state index is 13.5. The normalized spacial score (nSPS) is 16.1. The molecule has 8 nitrogen and oxygen atoms in total. The fraction of sp³-hybridized carbons (Fsp3) is 0.211. The van der Waals surface area contributed by atoms with Gasteiger partial charge in [0.25, 0.3) is 0 Å². The van der Waals surface area contributed by atoms with Crippen molar-refractivity contribution in [1.82, 2.24) is 20.2 Å². The monoisotopic (exact) mass is 412 g/mol. The summed E-state index contributed by atoms with van der Waals surface area (Å²) in [6.07, 6.45) is 0.201. The third-order valence-corrected chi connectivity index (χ3v) is 5.35. The molecule has 2 aromatic carbocycles. The number of nitrogens with one attached hydrogen (secondary N) is 1.